The van der Waals surface area contributed by atoms with Crippen LogP contribution in [0.15, 0.2) is 217 Å². The highest BCUT2D eigenvalue weighted by molar-refractivity contribution is 6.09. The Balaban J connectivity index is 1.13. The Morgan fingerprint density at radius 3 is 1.44 bits per heavy atom. The predicted molar refractivity (Wildman–Crippen MR) is 251 cm³/mol. The molecular weight excluding hydrogens is 755 g/mol. The standard InChI is InChI=1S/C58H35N3O/c1-2-17-36(18-3-1)38-19-4-7-26-47(38)56-59-55(60-57(61-56)48-28-16-27-46-45-25-11-15-32-53(45)62-54(46)48)37-33-34-44-40-21-6-5-20-39(40)41-22-8-12-29-49(41)58(52(44)35-37)50-30-13-9-23-42(50)43-24-10-14-31-51(43)58/h1-35H. The molecule has 0 atom stereocenters. The summed E-state index contributed by atoms with van der Waals surface area (Å²) in [5.74, 6) is 1.73. The molecule has 0 bridgehead atoms. The third-order valence-corrected chi connectivity index (χ3v) is 13.0. The summed E-state index contributed by atoms with van der Waals surface area (Å²) in [5.41, 5.74) is 18.0. The van der Waals surface area contributed by atoms with Crippen LogP contribution in [0.1, 0.15) is 22.3 Å². The first-order valence-electron chi connectivity index (χ1n) is 21.1. The van der Waals surface area contributed by atoms with Crippen molar-refractivity contribution in [2.24, 2.45) is 0 Å². The van der Waals surface area contributed by atoms with Crippen LogP contribution in [-0.4, -0.2) is 15.0 Å². The summed E-state index contributed by atoms with van der Waals surface area (Å²) in [5, 5.41) is 2.08. The van der Waals surface area contributed by atoms with Crippen molar-refractivity contribution in [2.45, 2.75) is 5.41 Å². The van der Waals surface area contributed by atoms with Crippen LogP contribution in [0.25, 0.3) is 101 Å². The highest BCUT2D eigenvalue weighted by Crippen LogP contribution is 2.61. The van der Waals surface area contributed by atoms with Crippen molar-refractivity contribution in [3.05, 3.63) is 235 Å². The molecule has 4 heteroatoms. The van der Waals surface area contributed by atoms with Crippen molar-refractivity contribution in [3.8, 4) is 78.7 Å². The van der Waals surface area contributed by atoms with E-state index in [4.69, 9.17) is 19.4 Å². The lowest BCUT2D eigenvalue weighted by molar-refractivity contribution is 0.669. The van der Waals surface area contributed by atoms with E-state index in [9.17, 15) is 0 Å². The van der Waals surface area contributed by atoms with Gasteiger partial charge >= 0.3 is 0 Å². The maximum Gasteiger partial charge on any atom is 0.167 e. The van der Waals surface area contributed by atoms with Gasteiger partial charge in [0.1, 0.15) is 11.2 Å². The second-order valence-corrected chi connectivity index (χ2v) is 16.2. The number of para-hydroxylation sites is 2. The maximum absolute atomic E-state index is 6.61. The van der Waals surface area contributed by atoms with Crippen LogP contribution in [-0.2, 0) is 5.41 Å². The molecule has 0 saturated heterocycles. The average Bonchev–Trinajstić information content (AvgIpc) is 3.85. The molecular formula is C58H35N3O. The molecule has 2 aliphatic rings. The number of hydrogen-bond donors (Lipinski definition) is 0. The van der Waals surface area contributed by atoms with Gasteiger partial charge < -0.3 is 4.42 Å². The summed E-state index contributed by atoms with van der Waals surface area (Å²) in [6.45, 7) is 0. The molecule has 0 aliphatic heterocycles. The van der Waals surface area contributed by atoms with Gasteiger partial charge in [-0.2, -0.15) is 0 Å². The van der Waals surface area contributed by atoms with Gasteiger partial charge in [-0.05, 0) is 85.0 Å². The molecule has 1 spiro atoms. The number of nitrogens with zero attached hydrogens (tertiary/aromatic N) is 3. The van der Waals surface area contributed by atoms with Crippen molar-refractivity contribution in [2.75, 3.05) is 0 Å². The number of rotatable bonds is 4. The van der Waals surface area contributed by atoms with Gasteiger partial charge in [0, 0.05) is 21.9 Å². The Morgan fingerprint density at radius 1 is 0.290 bits per heavy atom. The molecule has 288 valence electrons. The number of aromatic nitrogens is 3. The minimum atomic E-state index is -0.632. The first-order chi connectivity index (χ1) is 30.8. The zero-order chi connectivity index (χ0) is 40.8. The Hall–Kier alpha value is -8.21. The van der Waals surface area contributed by atoms with Gasteiger partial charge in [0.25, 0.3) is 0 Å². The van der Waals surface area contributed by atoms with E-state index < -0.39 is 5.41 Å². The molecule has 0 unspecified atom stereocenters. The molecule has 13 rings (SSSR count). The Labute approximate surface area is 358 Å². The zero-order valence-electron chi connectivity index (χ0n) is 33.5. The predicted octanol–water partition coefficient (Wildman–Crippen LogP) is 14.4. The lowest BCUT2D eigenvalue weighted by atomic mass is 9.65. The van der Waals surface area contributed by atoms with E-state index in [1.807, 2.05) is 24.3 Å². The van der Waals surface area contributed by atoms with Gasteiger partial charge in [0.05, 0.1) is 11.0 Å². The van der Waals surface area contributed by atoms with Crippen LogP contribution in [0.2, 0.25) is 0 Å². The van der Waals surface area contributed by atoms with E-state index in [1.165, 1.54) is 55.6 Å². The molecule has 4 nitrogen and oxygen atoms in total. The lowest BCUT2D eigenvalue weighted by Gasteiger charge is -2.35. The normalized spacial score (nSPS) is 13.0. The highest BCUT2D eigenvalue weighted by Gasteiger charge is 2.49. The largest absolute Gasteiger partial charge is 0.455 e. The number of benzene rings is 9. The fourth-order valence-electron chi connectivity index (χ4n) is 10.4. The zero-order valence-corrected chi connectivity index (χ0v) is 33.5. The smallest absolute Gasteiger partial charge is 0.167 e. The van der Waals surface area contributed by atoms with E-state index >= 15 is 0 Å². The van der Waals surface area contributed by atoms with Crippen molar-refractivity contribution in [3.63, 3.8) is 0 Å². The van der Waals surface area contributed by atoms with E-state index in [0.717, 1.165) is 49.8 Å². The summed E-state index contributed by atoms with van der Waals surface area (Å²) in [6, 6.07) is 75.8. The first-order valence-corrected chi connectivity index (χ1v) is 21.1. The Kier molecular flexibility index (Phi) is 7.49. The molecule has 2 aliphatic carbocycles. The summed E-state index contributed by atoms with van der Waals surface area (Å²) < 4.78 is 6.61. The van der Waals surface area contributed by atoms with Crippen LogP contribution < -0.4 is 0 Å². The van der Waals surface area contributed by atoms with E-state index in [2.05, 4.69) is 188 Å². The van der Waals surface area contributed by atoms with E-state index in [1.54, 1.807) is 0 Å². The molecule has 0 amide bonds. The van der Waals surface area contributed by atoms with Crippen molar-refractivity contribution >= 4 is 21.9 Å². The fraction of sp³-hybridized carbons (Fsp3) is 0.0172. The number of hydrogen-bond acceptors (Lipinski definition) is 4. The SMILES string of the molecule is c1ccc(-c2ccccc2-c2nc(-c3ccc4c(c3)C3(c5ccccc5-c5ccccc5-4)c4ccccc4-c4ccccc43)nc(-c3cccc4c3oc3ccccc34)n2)cc1. The van der Waals surface area contributed by atoms with Crippen molar-refractivity contribution < 1.29 is 4.42 Å². The molecule has 0 fully saturated rings. The van der Waals surface area contributed by atoms with E-state index in [0.29, 0.717) is 17.5 Å². The molecule has 0 N–H and O–H groups in total. The van der Waals surface area contributed by atoms with Gasteiger partial charge in [0.2, 0.25) is 0 Å². The molecule has 11 aromatic rings. The summed E-state index contributed by atoms with van der Waals surface area (Å²) in [7, 11) is 0. The summed E-state index contributed by atoms with van der Waals surface area (Å²) in [6.07, 6.45) is 0. The van der Waals surface area contributed by atoms with Crippen LogP contribution >= 0.6 is 0 Å². The fourth-order valence-corrected chi connectivity index (χ4v) is 10.4. The van der Waals surface area contributed by atoms with Gasteiger partial charge in [0.15, 0.2) is 17.5 Å². The van der Waals surface area contributed by atoms with Crippen LogP contribution in [0.4, 0.5) is 0 Å². The van der Waals surface area contributed by atoms with Crippen molar-refractivity contribution in [1.82, 2.24) is 15.0 Å². The monoisotopic (exact) mass is 789 g/mol. The third-order valence-electron chi connectivity index (χ3n) is 13.0. The van der Waals surface area contributed by atoms with Crippen LogP contribution in [0.3, 0.4) is 0 Å². The second kappa shape index (κ2) is 13.4. The minimum Gasteiger partial charge on any atom is -0.455 e. The Morgan fingerprint density at radius 2 is 0.758 bits per heavy atom. The lowest BCUT2D eigenvalue weighted by Crippen LogP contribution is -2.29. The van der Waals surface area contributed by atoms with E-state index in [-0.39, 0.29) is 0 Å². The summed E-state index contributed by atoms with van der Waals surface area (Å²) in [4.78, 5) is 16.1. The van der Waals surface area contributed by atoms with Gasteiger partial charge in [-0.15, -0.1) is 0 Å². The van der Waals surface area contributed by atoms with Gasteiger partial charge in [-0.25, -0.2) is 15.0 Å². The molecule has 62 heavy (non-hydrogen) atoms. The first kappa shape index (κ1) is 34.6. The molecule has 0 saturated carbocycles. The second-order valence-electron chi connectivity index (χ2n) is 16.2. The van der Waals surface area contributed by atoms with Gasteiger partial charge in [-0.3, -0.25) is 0 Å². The van der Waals surface area contributed by atoms with Crippen molar-refractivity contribution in [1.29, 1.82) is 0 Å². The van der Waals surface area contributed by atoms with Crippen LogP contribution in [0.5, 0.6) is 0 Å². The van der Waals surface area contributed by atoms with Crippen LogP contribution in [0, 0.1) is 0 Å². The van der Waals surface area contributed by atoms with Gasteiger partial charge in [-0.1, -0.05) is 194 Å². The average molecular weight is 790 g/mol. The Bertz CT molecular complexity index is 3560. The maximum atomic E-state index is 6.61. The number of fused-ring (bicyclic) bond motifs is 15. The molecule has 9 aromatic carbocycles. The highest BCUT2D eigenvalue weighted by atomic mass is 16.3. The quantitative estimate of drug-likeness (QED) is 0.178. The topological polar surface area (TPSA) is 51.8 Å². The summed E-state index contributed by atoms with van der Waals surface area (Å²) >= 11 is 0. The minimum absolute atomic E-state index is 0.550. The molecule has 2 heterocycles. The molecule has 0 radical (unpaired) electrons. The third kappa shape index (κ3) is 4.92. The molecule has 2 aromatic heterocycles. The number of furan rings is 1.